The molecule has 4 heteroatoms. The van der Waals surface area contributed by atoms with Crippen molar-refractivity contribution in [1.82, 2.24) is 4.90 Å². The van der Waals surface area contributed by atoms with Crippen molar-refractivity contribution in [2.45, 2.75) is 25.2 Å². The lowest BCUT2D eigenvalue weighted by molar-refractivity contribution is -0.152. The average molecular weight is 263 g/mol. The lowest BCUT2D eigenvalue weighted by Gasteiger charge is -2.38. The highest BCUT2D eigenvalue weighted by Gasteiger charge is 2.43. The lowest BCUT2D eigenvalue weighted by atomic mass is 9.73. The van der Waals surface area contributed by atoms with Gasteiger partial charge in [-0.15, -0.1) is 0 Å². The number of esters is 1. The fourth-order valence-electron chi connectivity index (χ4n) is 2.66. The molecule has 0 saturated carbocycles. The topological polar surface area (TPSA) is 49.8 Å². The number of aromatic hydroxyl groups is 1. The first kappa shape index (κ1) is 13.9. The second-order valence-electron chi connectivity index (χ2n) is 5.15. The Morgan fingerprint density at radius 2 is 1.89 bits per heavy atom. The molecule has 1 aliphatic heterocycles. The van der Waals surface area contributed by atoms with Crippen LogP contribution >= 0.6 is 0 Å². The van der Waals surface area contributed by atoms with Crippen molar-refractivity contribution < 1.29 is 14.6 Å². The Hall–Kier alpha value is -1.55. The van der Waals surface area contributed by atoms with Gasteiger partial charge in [-0.05, 0) is 57.6 Å². The molecule has 1 saturated heterocycles. The van der Waals surface area contributed by atoms with Gasteiger partial charge in [-0.3, -0.25) is 4.79 Å². The molecule has 1 aromatic rings. The summed E-state index contributed by atoms with van der Waals surface area (Å²) in [6, 6.07) is 6.93. The van der Waals surface area contributed by atoms with Crippen molar-refractivity contribution in [3.63, 3.8) is 0 Å². The largest absolute Gasteiger partial charge is 0.508 e. The van der Waals surface area contributed by atoms with Gasteiger partial charge in [-0.1, -0.05) is 12.1 Å². The third kappa shape index (κ3) is 2.73. The van der Waals surface area contributed by atoms with Crippen LogP contribution in [0.15, 0.2) is 24.3 Å². The summed E-state index contributed by atoms with van der Waals surface area (Å²) in [6.07, 6.45) is 1.51. The highest BCUT2D eigenvalue weighted by molar-refractivity contribution is 5.83. The first-order valence-corrected chi connectivity index (χ1v) is 6.74. The van der Waals surface area contributed by atoms with Crippen molar-refractivity contribution in [1.29, 1.82) is 0 Å². The van der Waals surface area contributed by atoms with Crippen molar-refractivity contribution in [2.24, 2.45) is 0 Å². The van der Waals surface area contributed by atoms with Gasteiger partial charge in [0.25, 0.3) is 0 Å². The molecular formula is C15H21NO3. The van der Waals surface area contributed by atoms with E-state index in [-0.39, 0.29) is 11.7 Å². The van der Waals surface area contributed by atoms with Crippen LogP contribution in [0.2, 0.25) is 0 Å². The Kier molecular flexibility index (Phi) is 4.10. The Balaban J connectivity index is 2.33. The standard InChI is InChI=1S/C15H21NO3/c1-3-19-14(18)15(8-10-16(2)11-9-15)12-4-6-13(17)7-5-12/h4-7,17H,3,8-11H2,1-2H3. The summed E-state index contributed by atoms with van der Waals surface area (Å²) in [7, 11) is 2.06. The van der Waals surface area contributed by atoms with Gasteiger partial charge in [0.15, 0.2) is 0 Å². The van der Waals surface area contributed by atoms with E-state index in [4.69, 9.17) is 4.74 Å². The molecule has 1 heterocycles. The van der Waals surface area contributed by atoms with Gasteiger partial charge < -0.3 is 14.7 Å². The van der Waals surface area contributed by atoms with E-state index >= 15 is 0 Å². The molecule has 0 aromatic heterocycles. The number of likely N-dealkylation sites (tertiary alicyclic amines) is 1. The number of rotatable bonds is 3. The highest BCUT2D eigenvalue weighted by atomic mass is 16.5. The normalized spacial score (nSPS) is 19.1. The molecule has 1 fully saturated rings. The van der Waals surface area contributed by atoms with Crippen LogP contribution in [0.5, 0.6) is 5.75 Å². The zero-order chi connectivity index (χ0) is 13.9. The molecule has 0 spiro atoms. The minimum Gasteiger partial charge on any atom is -0.508 e. The molecule has 0 radical (unpaired) electrons. The van der Waals surface area contributed by atoms with E-state index in [9.17, 15) is 9.90 Å². The third-order valence-corrected chi connectivity index (χ3v) is 3.93. The summed E-state index contributed by atoms with van der Waals surface area (Å²) in [5.41, 5.74) is 0.382. The number of carbonyl (C=O) groups excluding carboxylic acids is 1. The van der Waals surface area contributed by atoms with Crippen LogP contribution in [0.25, 0.3) is 0 Å². The van der Waals surface area contributed by atoms with Crippen molar-refractivity contribution >= 4 is 5.97 Å². The van der Waals surface area contributed by atoms with Gasteiger partial charge in [-0.25, -0.2) is 0 Å². The Morgan fingerprint density at radius 1 is 1.32 bits per heavy atom. The number of phenolic OH excluding ortho intramolecular Hbond substituents is 1. The lowest BCUT2D eigenvalue weighted by Crippen LogP contribution is -2.47. The van der Waals surface area contributed by atoms with E-state index in [1.54, 1.807) is 12.1 Å². The molecule has 0 bridgehead atoms. The first-order valence-electron chi connectivity index (χ1n) is 6.74. The second kappa shape index (κ2) is 5.61. The molecule has 0 atom stereocenters. The summed E-state index contributed by atoms with van der Waals surface area (Å²) >= 11 is 0. The number of hydrogen-bond acceptors (Lipinski definition) is 4. The smallest absolute Gasteiger partial charge is 0.316 e. The summed E-state index contributed by atoms with van der Waals surface area (Å²) in [6.45, 7) is 3.98. The van der Waals surface area contributed by atoms with E-state index in [0.29, 0.717) is 6.61 Å². The monoisotopic (exact) mass is 263 g/mol. The van der Waals surface area contributed by atoms with Crippen LogP contribution in [0.3, 0.4) is 0 Å². The van der Waals surface area contributed by atoms with E-state index in [2.05, 4.69) is 11.9 Å². The fourth-order valence-corrected chi connectivity index (χ4v) is 2.66. The number of piperidine rings is 1. The molecule has 1 aliphatic rings. The zero-order valence-corrected chi connectivity index (χ0v) is 11.6. The fraction of sp³-hybridized carbons (Fsp3) is 0.533. The average Bonchev–Trinajstić information content (AvgIpc) is 2.41. The molecule has 1 aromatic carbocycles. The van der Waals surface area contributed by atoms with Crippen molar-refractivity contribution in [3.8, 4) is 5.75 Å². The number of benzene rings is 1. The summed E-state index contributed by atoms with van der Waals surface area (Å²) in [5, 5.41) is 9.40. The molecule has 19 heavy (non-hydrogen) atoms. The predicted molar refractivity (Wildman–Crippen MR) is 73.1 cm³/mol. The quantitative estimate of drug-likeness (QED) is 0.846. The number of nitrogens with zero attached hydrogens (tertiary/aromatic N) is 1. The van der Waals surface area contributed by atoms with Crippen LogP contribution in [-0.2, 0) is 14.9 Å². The van der Waals surface area contributed by atoms with E-state index in [1.807, 2.05) is 19.1 Å². The number of phenols is 1. The first-order chi connectivity index (χ1) is 9.08. The Morgan fingerprint density at radius 3 is 2.42 bits per heavy atom. The minimum atomic E-state index is -0.559. The van der Waals surface area contributed by atoms with Crippen LogP contribution in [0, 0.1) is 0 Å². The molecule has 4 nitrogen and oxygen atoms in total. The van der Waals surface area contributed by atoms with Gasteiger partial charge in [0.1, 0.15) is 5.75 Å². The van der Waals surface area contributed by atoms with Gasteiger partial charge in [0.2, 0.25) is 0 Å². The molecule has 1 N–H and O–H groups in total. The summed E-state index contributed by atoms with van der Waals surface area (Å²) in [4.78, 5) is 14.6. The summed E-state index contributed by atoms with van der Waals surface area (Å²) in [5.74, 6) is 0.0736. The van der Waals surface area contributed by atoms with Gasteiger partial charge in [-0.2, -0.15) is 0 Å². The Labute approximate surface area is 114 Å². The van der Waals surface area contributed by atoms with E-state index in [0.717, 1.165) is 31.5 Å². The van der Waals surface area contributed by atoms with Gasteiger partial charge in [0.05, 0.1) is 12.0 Å². The van der Waals surface area contributed by atoms with Crippen molar-refractivity contribution in [2.75, 3.05) is 26.7 Å². The molecule has 0 unspecified atom stereocenters. The van der Waals surface area contributed by atoms with Crippen LogP contribution in [-0.4, -0.2) is 42.7 Å². The second-order valence-corrected chi connectivity index (χ2v) is 5.15. The maximum Gasteiger partial charge on any atom is 0.316 e. The molecular weight excluding hydrogens is 242 g/mol. The van der Waals surface area contributed by atoms with E-state index in [1.165, 1.54) is 0 Å². The zero-order valence-electron chi connectivity index (χ0n) is 11.6. The van der Waals surface area contributed by atoms with Crippen molar-refractivity contribution in [3.05, 3.63) is 29.8 Å². The van der Waals surface area contributed by atoms with Crippen LogP contribution < -0.4 is 0 Å². The molecule has 0 amide bonds. The maximum atomic E-state index is 12.4. The number of carbonyl (C=O) groups is 1. The Bertz CT molecular complexity index is 433. The third-order valence-electron chi connectivity index (χ3n) is 3.93. The SMILES string of the molecule is CCOC(=O)C1(c2ccc(O)cc2)CCN(C)CC1. The van der Waals surface area contributed by atoms with Gasteiger partial charge in [0, 0.05) is 0 Å². The van der Waals surface area contributed by atoms with Crippen LogP contribution in [0.1, 0.15) is 25.3 Å². The van der Waals surface area contributed by atoms with E-state index < -0.39 is 5.41 Å². The summed E-state index contributed by atoms with van der Waals surface area (Å²) < 4.78 is 5.28. The highest BCUT2D eigenvalue weighted by Crippen LogP contribution is 2.37. The van der Waals surface area contributed by atoms with Gasteiger partial charge >= 0.3 is 5.97 Å². The minimum absolute atomic E-state index is 0.145. The number of ether oxygens (including phenoxy) is 1. The molecule has 2 rings (SSSR count). The number of hydrogen-bond donors (Lipinski definition) is 1. The maximum absolute atomic E-state index is 12.4. The molecule has 104 valence electrons. The molecule has 0 aliphatic carbocycles. The predicted octanol–water partition coefficient (Wildman–Crippen LogP) is 1.92. The van der Waals surface area contributed by atoms with Crippen LogP contribution in [0.4, 0.5) is 0 Å².